The molecule has 4 rings (SSSR count). The zero-order chi connectivity index (χ0) is 30.2. The third-order valence-corrected chi connectivity index (χ3v) is 12.9. The summed E-state index contributed by atoms with van der Waals surface area (Å²) in [6, 6.07) is 27.0. The Labute approximate surface area is 251 Å². The molecule has 3 aromatic carbocycles. The molecule has 1 atom stereocenters. The number of allylic oxidation sites excluding steroid dienone is 1. The fraction of sp³-hybridized carbons (Fsp3) is 0.361. The van der Waals surface area contributed by atoms with E-state index in [1.165, 1.54) is 17.5 Å². The summed E-state index contributed by atoms with van der Waals surface area (Å²) in [5, 5.41) is 3.78. The van der Waals surface area contributed by atoms with Crippen molar-refractivity contribution in [1.29, 1.82) is 0 Å². The molecule has 0 saturated heterocycles. The molecule has 1 aromatic heterocycles. The van der Waals surface area contributed by atoms with Gasteiger partial charge in [-0.25, -0.2) is 4.79 Å². The predicted octanol–water partition coefficient (Wildman–Crippen LogP) is 7.43. The summed E-state index contributed by atoms with van der Waals surface area (Å²) in [6.07, 6.45) is 9.02. The van der Waals surface area contributed by atoms with Gasteiger partial charge in [0, 0.05) is 18.6 Å². The van der Waals surface area contributed by atoms with Crippen LogP contribution in [0.1, 0.15) is 59.1 Å². The standard InChI is InChI=1S/C36H44O5Si/c1-27(41-42(36(2,3)4,31-20-14-10-15-21-31)32-22-16-11-17-23-32)18-12-8-7-9-13-19-29-24-28-25-30(38-5)26-33(39-6)34(28)35(37)40-29/h8,10-12,14-17,20-27H,7,9,13,18-19H2,1-6H3/b12-8+/t27-/m0/s1. The molecule has 5 nitrogen and oxygen atoms in total. The van der Waals surface area contributed by atoms with E-state index in [2.05, 4.69) is 101 Å². The zero-order valence-corrected chi connectivity index (χ0v) is 26.8. The number of methoxy groups -OCH3 is 2. The Morgan fingerprint density at radius 3 is 2.07 bits per heavy atom. The van der Waals surface area contributed by atoms with Gasteiger partial charge in [0.05, 0.1) is 14.2 Å². The lowest BCUT2D eigenvalue weighted by Crippen LogP contribution is -2.67. The molecule has 4 aromatic rings. The normalized spacial score (nSPS) is 13.0. The van der Waals surface area contributed by atoms with Gasteiger partial charge in [-0.1, -0.05) is 93.6 Å². The van der Waals surface area contributed by atoms with E-state index in [1.807, 2.05) is 12.1 Å². The molecule has 42 heavy (non-hydrogen) atoms. The highest BCUT2D eigenvalue weighted by Gasteiger charge is 2.50. The molecule has 0 fully saturated rings. The Kier molecular flexibility index (Phi) is 10.5. The molecule has 1 heterocycles. The first-order valence-corrected chi connectivity index (χ1v) is 16.7. The smallest absolute Gasteiger partial charge is 0.347 e. The molecule has 0 saturated carbocycles. The van der Waals surface area contributed by atoms with Crippen LogP contribution in [-0.4, -0.2) is 28.6 Å². The van der Waals surface area contributed by atoms with Crippen molar-refractivity contribution in [2.45, 2.75) is 70.9 Å². The van der Waals surface area contributed by atoms with Crippen molar-refractivity contribution < 1.29 is 18.3 Å². The van der Waals surface area contributed by atoms with Crippen molar-refractivity contribution in [1.82, 2.24) is 0 Å². The molecule has 0 aliphatic rings. The van der Waals surface area contributed by atoms with Crippen LogP contribution < -0.4 is 25.5 Å². The highest BCUT2D eigenvalue weighted by molar-refractivity contribution is 6.99. The summed E-state index contributed by atoms with van der Waals surface area (Å²) in [6.45, 7) is 9.13. The van der Waals surface area contributed by atoms with Gasteiger partial charge in [-0.3, -0.25) is 0 Å². The number of hydrogen-bond donors (Lipinski definition) is 0. The van der Waals surface area contributed by atoms with Crippen LogP contribution >= 0.6 is 0 Å². The molecule has 0 aliphatic heterocycles. The van der Waals surface area contributed by atoms with Gasteiger partial charge in [0.2, 0.25) is 0 Å². The van der Waals surface area contributed by atoms with Crippen LogP contribution in [0.15, 0.2) is 100 Å². The molecule has 0 bridgehead atoms. The Balaban J connectivity index is 1.36. The maximum atomic E-state index is 12.7. The van der Waals surface area contributed by atoms with Crippen LogP contribution in [0.25, 0.3) is 10.8 Å². The van der Waals surface area contributed by atoms with Crippen LogP contribution in [0.5, 0.6) is 11.5 Å². The number of aryl methyl sites for hydroxylation is 1. The van der Waals surface area contributed by atoms with Crippen molar-refractivity contribution in [3.63, 3.8) is 0 Å². The van der Waals surface area contributed by atoms with Gasteiger partial charge in [-0.05, 0) is 65.5 Å². The van der Waals surface area contributed by atoms with E-state index in [1.54, 1.807) is 13.2 Å². The van der Waals surface area contributed by atoms with Gasteiger partial charge in [-0.15, -0.1) is 0 Å². The number of unbranched alkanes of at least 4 members (excludes halogenated alkanes) is 2. The molecule has 6 heteroatoms. The van der Waals surface area contributed by atoms with E-state index in [0.717, 1.165) is 31.1 Å². The largest absolute Gasteiger partial charge is 0.497 e. The molecule has 0 N–H and O–H groups in total. The summed E-state index contributed by atoms with van der Waals surface area (Å²) in [5.74, 6) is 1.79. The molecule has 0 unspecified atom stereocenters. The Morgan fingerprint density at radius 1 is 0.857 bits per heavy atom. The maximum Gasteiger partial charge on any atom is 0.347 e. The van der Waals surface area contributed by atoms with E-state index in [-0.39, 0.29) is 16.8 Å². The van der Waals surface area contributed by atoms with Crippen molar-refractivity contribution in [2.24, 2.45) is 0 Å². The van der Waals surface area contributed by atoms with Gasteiger partial charge < -0.3 is 18.3 Å². The second kappa shape index (κ2) is 14.0. The van der Waals surface area contributed by atoms with Crippen LogP contribution in [-0.2, 0) is 10.8 Å². The molecular weight excluding hydrogens is 540 g/mol. The van der Waals surface area contributed by atoms with Gasteiger partial charge in [0.25, 0.3) is 8.32 Å². The quantitative estimate of drug-likeness (QED) is 0.0929. The summed E-state index contributed by atoms with van der Waals surface area (Å²) < 4.78 is 23.5. The monoisotopic (exact) mass is 584 g/mol. The lowest BCUT2D eigenvalue weighted by molar-refractivity contribution is 0.209. The fourth-order valence-corrected chi connectivity index (χ4v) is 10.4. The minimum absolute atomic E-state index is 0.0400. The maximum absolute atomic E-state index is 12.7. The lowest BCUT2D eigenvalue weighted by Gasteiger charge is -2.44. The minimum Gasteiger partial charge on any atom is -0.497 e. The van der Waals surface area contributed by atoms with E-state index < -0.39 is 8.32 Å². The first kappa shape index (κ1) is 31.3. The fourth-order valence-electron chi connectivity index (χ4n) is 5.73. The van der Waals surface area contributed by atoms with Crippen molar-refractivity contribution in [3.05, 3.63) is 107 Å². The van der Waals surface area contributed by atoms with E-state index in [9.17, 15) is 4.79 Å². The number of benzene rings is 3. The van der Waals surface area contributed by atoms with Crippen LogP contribution in [0, 0.1) is 0 Å². The molecule has 0 radical (unpaired) electrons. The van der Waals surface area contributed by atoms with Crippen molar-refractivity contribution in [3.8, 4) is 11.5 Å². The second-order valence-electron chi connectivity index (χ2n) is 11.8. The van der Waals surface area contributed by atoms with Crippen LogP contribution in [0.3, 0.4) is 0 Å². The highest BCUT2D eigenvalue weighted by atomic mass is 28.4. The Morgan fingerprint density at radius 2 is 1.50 bits per heavy atom. The van der Waals surface area contributed by atoms with E-state index in [0.29, 0.717) is 29.1 Å². The second-order valence-corrected chi connectivity index (χ2v) is 16.1. The van der Waals surface area contributed by atoms with Gasteiger partial charge in [0.15, 0.2) is 0 Å². The minimum atomic E-state index is -2.55. The number of ether oxygens (including phenoxy) is 2. The van der Waals surface area contributed by atoms with Crippen molar-refractivity contribution >= 4 is 29.5 Å². The molecular formula is C36H44O5Si. The number of hydrogen-bond acceptors (Lipinski definition) is 5. The van der Waals surface area contributed by atoms with Crippen molar-refractivity contribution in [2.75, 3.05) is 14.2 Å². The highest BCUT2D eigenvalue weighted by Crippen LogP contribution is 2.38. The first-order chi connectivity index (χ1) is 20.2. The average molecular weight is 585 g/mol. The van der Waals surface area contributed by atoms with Crippen LogP contribution in [0.4, 0.5) is 0 Å². The van der Waals surface area contributed by atoms with E-state index in [4.69, 9.17) is 18.3 Å². The summed E-state index contributed by atoms with van der Waals surface area (Å²) in [4.78, 5) is 12.7. The molecule has 0 spiro atoms. The van der Waals surface area contributed by atoms with Gasteiger partial charge in [0.1, 0.15) is 22.6 Å². The first-order valence-electron chi connectivity index (χ1n) is 14.8. The Hall–Kier alpha value is -3.61. The lowest BCUT2D eigenvalue weighted by atomic mass is 10.1. The summed E-state index contributed by atoms with van der Waals surface area (Å²) >= 11 is 0. The number of fused-ring (bicyclic) bond motifs is 1. The molecule has 0 amide bonds. The molecule has 0 aliphatic carbocycles. The Bertz CT molecular complexity index is 1480. The topological polar surface area (TPSA) is 57.9 Å². The summed E-state index contributed by atoms with van der Waals surface area (Å²) in [7, 11) is 0.586. The zero-order valence-electron chi connectivity index (χ0n) is 25.8. The summed E-state index contributed by atoms with van der Waals surface area (Å²) in [5.41, 5.74) is -0.378. The predicted molar refractivity (Wildman–Crippen MR) is 175 cm³/mol. The number of rotatable bonds is 13. The third kappa shape index (κ3) is 7.05. The molecule has 222 valence electrons. The van der Waals surface area contributed by atoms with Gasteiger partial charge >= 0.3 is 5.63 Å². The third-order valence-electron chi connectivity index (χ3n) is 7.78. The average Bonchev–Trinajstić information content (AvgIpc) is 2.98. The SMILES string of the molecule is COc1cc(OC)c2c(=O)oc(CCCC/C=C/C[C@H](C)O[Si](c3ccccc3)(c3ccccc3)C(C)(C)C)cc2c1. The van der Waals surface area contributed by atoms with Gasteiger partial charge in [-0.2, -0.15) is 0 Å². The van der Waals surface area contributed by atoms with E-state index >= 15 is 0 Å². The van der Waals surface area contributed by atoms with Crippen LogP contribution in [0.2, 0.25) is 5.04 Å².